The van der Waals surface area contributed by atoms with Gasteiger partial charge < -0.3 is 15.0 Å². The first kappa shape index (κ1) is 32.3. The fraction of sp³-hybridized carbons (Fsp3) is 0.333. The van der Waals surface area contributed by atoms with Crippen LogP contribution >= 0.6 is 35.0 Å². The van der Waals surface area contributed by atoms with Gasteiger partial charge in [-0.2, -0.15) is 0 Å². The maximum atomic E-state index is 15.4. The average molecular weight is 661 g/mol. The molecule has 11 heteroatoms. The Kier molecular flexibility index (Phi) is 9.89. The lowest BCUT2D eigenvalue weighted by Gasteiger charge is -2.28. The van der Waals surface area contributed by atoms with Crippen molar-refractivity contribution in [1.82, 2.24) is 14.9 Å². The van der Waals surface area contributed by atoms with Gasteiger partial charge in [0.15, 0.2) is 5.16 Å². The highest BCUT2D eigenvalue weighted by Crippen LogP contribution is 2.39. The van der Waals surface area contributed by atoms with Gasteiger partial charge in [0.05, 0.1) is 50.2 Å². The van der Waals surface area contributed by atoms with Crippen LogP contribution in [0, 0.1) is 11.6 Å². The topological polar surface area (TPSA) is 60.6 Å². The normalized spacial score (nSPS) is 17.0. The predicted octanol–water partition coefficient (Wildman–Crippen LogP) is 6.49. The summed E-state index contributed by atoms with van der Waals surface area (Å²) < 4.78 is 36.7. The highest BCUT2D eigenvalue weighted by atomic mass is 35.5. The Hall–Kier alpha value is -3.11. The second-order valence-corrected chi connectivity index (χ2v) is 13.4. The van der Waals surface area contributed by atoms with Gasteiger partial charge in [0.2, 0.25) is 0 Å². The van der Waals surface area contributed by atoms with E-state index in [-0.39, 0.29) is 39.7 Å². The van der Waals surface area contributed by atoms with E-state index in [0.717, 1.165) is 37.2 Å². The summed E-state index contributed by atoms with van der Waals surface area (Å²) in [7, 11) is 3.66. The number of piperidine rings is 1. The number of nitrogens with one attached hydrogen (secondary N) is 2. The summed E-state index contributed by atoms with van der Waals surface area (Å²) in [5, 5.41) is 4.26. The number of thioether (sulfide) groups is 1. The molecule has 0 saturated carbocycles. The van der Waals surface area contributed by atoms with Crippen molar-refractivity contribution >= 4 is 40.9 Å². The minimum absolute atomic E-state index is 0.0473. The molecule has 2 atom stereocenters. The van der Waals surface area contributed by atoms with Crippen LogP contribution in [0.5, 0.6) is 5.75 Å². The first-order chi connectivity index (χ1) is 21.0. The maximum Gasteiger partial charge on any atom is 0.251 e. The number of aromatic nitrogens is 2. The number of likely N-dealkylation sites (tertiary alicyclic amines) is 1. The lowest BCUT2D eigenvalue weighted by Crippen LogP contribution is -3.11. The molecule has 0 aliphatic carbocycles. The summed E-state index contributed by atoms with van der Waals surface area (Å²) in [6.07, 6.45) is 3.70. The third-order valence-electron chi connectivity index (χ3n) is 8.16. The summed E-state index contributed by atoms with van der Waals surface area (Å²) in [6.45, 7) is 6.01. The van der Waals surface area contributed by atoms with Crippen LogP contribution in [0.25, 0.3) is 5.69 Å². The Morgan fingerprint density at radius 2 is 1.89 bits per heavy atom. The van der Waals surface area contributed by atoms with E-state index in [1.165, 1.54) is 40.9 Å². The Bertz CT molecular complexity index is 1640. The third kappa shape index (κ3) is 6.91. The van der Waals surface area contributed by atoms with E-state index in [2.05, 4.69) is 12.4 Å². The van der Waals surface area contributed by atoms with Crippen molar-refractivity contribution in [3.05, 3.63) is 105 Å². The average Bonchev–Trinajstić information content (AvgIpc) is 3.42. The molecule has 44 heavy (non-hydrogen) atoms. The monoisotopic (exact) mass is 659 g/mol. The number of hydrogen-bond donors (Lipinski definition) is 2. The summed E-state index contributed by atoms with van der Waals surface area (Å²) in [6, 6.07) is 14.5. The van der Waals surface area contributed by atoms with Crippen LogP contribution in [0.4, 0.5) is 8.78 Å². The molecule has 4 aromatic rings. The van der Waals surface area contributed by atoms with E-state index in [4.69, 9.17) is 32.9 Å². The lowest BCUT2D eigenvalue weighted by atomic mass is 9.81. The Labute approximate surface area is 270 Å². The van der Waals surface area contributed by atoms with E-state index in [9.17, 15) is 9.18 Å². The van der Waals surface area contributed by atoms with Gasteiger partial charge in [-0.3, -0.25) is 9.36 Å². The largest absolute Gasteiger partial charge is 0.495 e. The van der Waals surface area contributed by atoms with Crippen molar-refractivity contribution in [3.63, 3.8) is 0 Å². The van der Waals surface area contributed by atoms with Crippen molar-refractivity contribution in [3.8, 4) is 11.4 Å². The molecule has 1 fully saturated rings. The summed E-state index contributed by atoms with van der Waals surface area (Å²) >= 11 is 14.1. The van der Waals surface area contributed by atoms with Crippen molar-refractivity contribution in [2.24, 2.45) is 0 Å². The molecule has 0 radical (unpaired) electrons. The van der Waals surface area contributed by atoms with Crippen molar-refractivity contribution < 1.29 is 23.2 Å². The highest BCUT2D eigenvalue weighted by Gasteiger charge is 2.31. The maximum absolute atomic E-state index is 15.4. The highest BCUT2D eigenvalue weighted by molar-refractivity contribution is 7.98. The number of likely N-dealkylation sites (N-methyl/N-ethyl adjacent to an activating group) is 1. The van der Waals surface area contributed by atoms with Crippen molar-refractivity contribution in [2.45, 2.75) is 49.1 Å². The number of nitrogens with zero attached hydrogens (tertiary/aromatic N) is 2. The van der Waals surface area contributed by atoms with Gasteiger partial charge in [-0.25, -0.2) is 13.8 Å². The molecule has 1 aromatic heterocycles. The molecule has 1 amide bonds. The van der Waals surface area contributed by atoms with Crippen LogP contribution < -0.4 is 15.0 Å². The number of ether oxygens (including phenoxy) is 1. The number of carbonyl (C=O) groups is 1. The SMILES string of the molecule is COc1cc(C(C)(C)c2cnc(SCc3c(F)cc(C(=O)N[C@H]4CCC[NH+](C)C4)cc3Cl)n2-c2ccc(F)cc2)ccc1Cl. The van der Waals surface area contributed by atoms with Gasteiger partial charge in [-0.15, -0.1) is 0 Å². The standard InChI is InChI=1S/C33H34Cl2F2N4O2S/c1-33(2,21-7-12-26(34)29(16-21)43-4)30-17-38-32(41(30)24-10-8-22(36)9-11-24)44-19-25-27(35)14-20(15-28(25)37)31(42)39-23-6-5-13-40(3)18-23/h7-12,14-17,23H,5-6,13,18-19H2,1-4H3,(H,39,42)/p+1/t23-/m0/s1. The summed E-state index contributed by atoms with van der Waals surface area (Å²) in [5.74, 6) is -0.538. The fourth-order valence-corrected chi connectivity index (χ4v) is 7.16. The number of amides is 1. The smallest absolute Gasteiger partial charge is 0.251 e. The molecule has 232 valence electrons. The number of methoxy groups -OCH3 is 1. The van der Waals surface area contributed by atoms with Crippen molar-refractivity contribution in [2.75, 3.05) is 27.2 Å². The summed E-state index contributed by atoms with van der Waals surface area (Å²) in [5.41, 5.74) is 2.34. The van der Waals surface area contributed by atoms with E-state index in [1.54, 1.807) is 31.5 Å². The molecule has 5 rings (SSSR count). The number of benzene rings is 3. The molecule has 2 heterocycles. The third-order valence-corrected chi connectivity index (χ3v) is 9.79. The van der Waals surface area contributed by atoms with Gasteiger partial charge >= 0.3 is 0 Å². The van der Waals surface area contributed by atoms with Crippen LogP contribution in [-0.4, -0.2) is 48.7 Å². The van der Waals surface area contributed by atoms with Gasteiger partial charge in [0, 0.05) is 33.0 Å². The molecule has 1 aliphatic heterocycles. The van der Waals surface area contributed by atoms with E-state index < -0.39 is 11.2 Å². The molecule has 6 nitrogen and oxygen atoms in total. The van der Waals surface area contributed by atoms with Gasteiger partial charge in [-0.1, -0.05) is 54.9 Å². The van der Waals surface area contributed by atoms with Crippen LogP contribution in [-0.2, 0) is 11.2 Å². The van der Waals surface area contributed by atoms with E-state index in [0.29, 0.717) is 21.6 Å². The van der Waals surface area contributed by atoms with Crippen LogP contribution in [0.15, 0.2) is 66.0 Å². The lowest BCUT2D eigenvalue weighted by molar-refractivity contribution is -0.885. The molecule has 1 saturated heterocycles. The molecule has 1 aliphatic rings. The fourth-order valence-electron chi connectivity index (χ4n) is 5.59. The zero-order valence-corrected chi connectivity index (χ0v) is 27.3. The van der Waals surface area contributed by atoms with E-state index in [1.807, 2.05) is 30.5 Å². The van der Waals surface area contributed by atoms with Crippen LogP contribution in [0.3, 0.4) is 0 Å². The van der Waals surface area contributed by atoms with E-state index >= 15 is 4.39 Å². The molecule has 3 aromatic carbocycles. The van der Waals surface area contributed by atoms with Crippen LogP contribution in [0.2, 0.25) is 10.0 Å². The molecule has 2 N–H and O–H groups in total. The first-order valence-corrected chi connectivity index (χ1v) is 16.1. The minimum atomic E-state index is -0.579. The Morgan fingerprint density at radius 1 is 1.14 bits per heavy atom. The number of imidazole rings is 1. The number of quaternary nitrogens is 1. The molecule has 0 bridgehead atoms. The minimum Gasteiger partial charge on any atom is -0.495 e. The predicted molar refractivity (Wildman–Crippen MR) is 172 cm³/mol. The second-order valence-electron chi connectivity index (χ2n) is 11.6. The first-order valence-electron chi connectivity index (χ1n) is 14.4. The molecule has 0 spiro atoms. The zero-order valence-electron chi connectivity index (χ0n) is 25.0. The molecular formula is C33H35Cl2F2N4O2S+. The van der Waals surface area contributed by atoms with Gasteiger partial charge in [-0.05, 0) is 66.9 Å². The number of carbonyl (C=O) groups excluding carboxylic acids is 1. The number of halogens is 4. The zero-order chi connectivity index (χ0) is 31.6. The van der Waals surface area contributed by atoms with Gasteiger partial charge in [0.25, 0.3) is 5.91 Å². The second kappa shape index (κ2) is 13.5. The number of hydrogen-bond acceptors (Lipinski definition) is 4. The Morgan fingerprint density at radius 3 is 2.57 bits per heavy atom. The number of rotatable bonds is 9. The van der Waals surface area contributed by atoms with Gasteiger partial charge in [0.1, 0.15) is 17.4 Å². The summed E-state index contributed by atoms with van der Waals surface area (Å²) in [4.78, 5) is 19.0. The molecular weight excluding hydrogens is 625 g/mol. The quantitative estimate of drug-likeness (QED) is 0.202. The molecule has 1 unspecified atom stereocenters. The van der Waals surface area contributed by atoms with Crippen molar-refractivity contribution in [1.29, 1.82) is 0 Å². The van der Waals surface area contributed by atoms with Crippen LogP contribution in [0.1, 0.15) is 53.9 Å². The Balaban J connectivity index is 1.43.